The summed E-state index contributed by atoms with van der Waals surface area (Å²) >= 11 is 0. The maximum atomic E-state index is 5.54. The van der Waals surface area contributed by atoms with Gasteiger partial charge in [-0.3, -0.25) is 0 Å². The van der Waals surface area contributed by atoms with E-state index in [1.807, 2.05) is 0 Å². The fraction of sp³-hybridized carbons (Fsp3) is 0.625. The van der Waals surface area contributed by atoms with Gasteiger partial charge in [0, 0.05) is 12.5 Å². The normalized spacial score (nSPS) is 20.3. The summed E-state index contributed by atoms with van der Waals surface area (Å²) in [5.41, 5.74) is 2.82. The van der Waals surface area contributed by atoms with Crippen molar-refractivity contribution in [3.05, 3.63) is 29.3 Å². The lowest BCUT2D eigenvalue weighted by atomic mass is 10.0. The van der Waals surface area contributed by atoms with Crippen LogP contribution in [0.3, 0.4) is 0 Å². The second-order valence-corrected chi connectivity index (χ2v) is 5.82. The molecule has 0 spiro atoms. The van der Waals surface area contributed by atoms with Crippen LogP contribution in [0.2, 0.25) is 0 Å². The molecule has 1 saturated heterocycles. The number of ether oxygens (including phenoxy) is 1. The quantitative estimate of drug-likeness (QED) is 0.894. The minimum absolute atomic E-state index is 0.717. The van der Waals surface area contributed by atoms with Crippen molar-refractivity contribution < 1.29 is 4.74 Å². The van der Waals surface area contributed by atoms with Crippen LogP contribution in [0.4, 0.5) is 0 Å². The molecule has 0 bridgehead atoms. The molecule has 0 radical (unpaired) electrons. The molecular weight excluding hydrogens is 236 g/mol. The lowest BCUT2D eigenvalue weighted by Gasteiger charge is -2.29. The highest BCUT2D eigenvalue weighted by molar-refractivity contribution is 5.39. The Bertz CT molecular complexity index is 425. The van der Waals surface area contributed by atoms with Gasteiger partial charge in [-0.15, -0.1) is 0 Å². The van der Waals surface area contributed by atoms with Crippen LogP contribution in [-0.4, -0.2) is 44.2 Å². The van der Waals surface area contributed by atoms with E-state index in [-0.39, 0.29) is 0 Å². The SMILES string of the molecule is CN1CCC(NCCc2ccc3c(c2)CCO3)CC1. The lowest BCUT2D eigenvalue weighted by Crippen LogP contribution is -2.41. The van der Waals surface area contributed by atoms with Crippen LogP contribution in [0.25, 0.3) is 0 Å². The fourth-order valence-electron chi connectivity index (χ4n) is 3.03. The minimum Gasteiger partial charge on any atom is -0.493 e. The van der Waals surface area contributed by atoms with E-state index in [1.165, 1.54) is 37.1 Å². The average Bonchev–Trinajstić information content (AvgIpc) is 2.88. The molecule has 1 aromatic rings. The summed E-state index contributed by atoms with van der Waals surface area (Å²) in [6, 6.07) is 7.38. The monoisotopic (exact) mass is 260 g/mol. The van der Waals surface area contributed by atoms with Gasteiger partial charge in [0.1, 0.15) is 5.75 Å². The molecule has 3 rings (SSSR count). The first-order valence-corrected chi connectivity index (χ1v) is 7.48. The molecule has 3 nitrogen and oxygen atoms in total. The zero-order valence-electron chi connectivity index (χ0n) is 11.8. The summed E-state index contributed by atoms with van der Waals surface area (Å²) in [4.78, 5) is 2.42. The molecule has 2 heterocycles. The molecule has 1 N–H and O–H groups in total. The van der Waals surface area contributed by atoms with Gasteiger partial charge < -0.3 is 15.0 Å². The van der Waals surface area contributed by atoms with Gasteiger partial charge in [0.05, 0.1) is 6.61 Å². The number of fused-ring (bicyclic) bond motifs is 1. The number of hydrogen-bond donors (Lipinski definition) is 1. The van der Waals surface area contributed by atoms with Gasteiger partial charge >= 0.3 is 0 Å². The Labute approximate surface area is 115 Å². The number of rotatable bonds is 4. The predicted octanol–water partition coefficient (Wildman–Crippen LogP) is 1.85. The third kappa shape index (κ3) is 3.28. The van der Waals surface area contributed by atoms with Crippen molar-refractivity contribution >= 4 is 0 Å². The summed E-state index contributed by atoms with van der Waals surface area (Å²) in [7, 11) is 2.21. The van der Waals surface area contributed by atoms with Gasteiger partial charge in [-0.2, -0.15) is 0 Å². The van der Waals surface area contributed by atoms with E-state index in [9.17, 15) is 0 Å². The van der Waals surface area contributed by atoms with Crippen LogP contribution < -0.4 is 10.1 Å². The second-order valence-electron chi connectivity index (χ2n) is 5.82. The highest BCUT2D eigenvalue weighted by Crippen LogP contribution is 2.25. The van der Waals surface area contributed by atoms with Crippen molar-refractivity contribution in [1.82, 2.24) is 10.2 Å². The molecule has 1 fully saturated rings. The molecule has 0 unspecified atom stereocenters. The van der Waals surface area contributed by atoms with Crippen LogP contribution >= 0.6 is 0 Å². The maximum Gasteiger partial charge on any atom is 0.122 e. The number of likely N-dealkylation sites (tertiary alicyclic amines) is 1. The van der Waals surface area contributed by atoms with Crippen molar-refractivity contribution in [3.8, 4) is 5.75 Å². The van der Waals surface area contributed by atoms with Crippen molar-refractivity contribution in [3.63, 3.8) is 0 Å². The Morgan fingerprint density at radius 3 is 3.00 bits per heavy atom. The van der Waals surface area contributed by atoms with E-state index in [4.69, 9.17) is 4.74 Å². The zero-order chi connectivity index (χ0) is 13.1. The molecule has 0 atom stereocenters. The first kappa shape index (κ1) is 12.9. The largest absolute Gasteiger partial charge is 0.493 e. The van der Waals surface area contributed by atoms with Crippen LogP contribution in [0.15, 0.2) is 18.2 Å². The molecule has 0 aliphatic carbocycles. The van der Waals surface area contributed by atoms with Gasteiger partial charge in [0.15, 0.2) is 0 Å². The smallest absolute Gasteiger partial charge is 0.122 e. The summed E-state index contributed by atoms with van der Waals surface area (Å²) in [6.45, 7) is 4.41. The fourth-order valence-corrected chi connectivity index (χ4v) is 3.03. The van der Waals surface area contributed by atoms with Crippen LogP contribution in [0, 0.1) is 0 Å². The Morgan fingerprint density at radius 2 is 2.16 bits per heavy atom. The Morgan fingerprint density at radius 1 is 1.32 bits per heavy atom. The molecule has 104 valence electrons. The molecule has 0 saturated carbocycles. The first-order valence-electron chi connectivity index (χ1n) is 7.48. The summed E-state index contributed by atoms with van der Waals surface area (Å²) in [5, 5.41) is 3.70. The molecule has 0 amide bonds. The Kier molecular flexibility index (Phi) is 4.04. The van der Waals surface area contributed by atoms with E-state index >= 15 is 0 Å². The van der Waals surface area contributed by atoms with Crippen LogP contribution in [0.1, 0.15) is 24.0 Å². The summed E-state index contributed by atoms with van der Waals surface area (Å²) < 4.78 is 5.54. The number of nitrogens with one attached hydrogen (secondary N) is 1. The molecule has 3 heteroatoms. The van der Waals surface area contributed by atoms with Crippen molar-refractivity contribution in [1.29, 1.82) is 0 Å². The van der Waals surface area contributed by atoms with E-state index in [0.29, 0.717) is 6.04 Å². The molecule has 2 aliphatic heterocycles. The predicted molar refractivity (Wildman–Crippen MR) is 77.9 cm³/mol. The van der Waals surface area contributed by atoms with Gasteiger partial charge in [0.2, 0.25) is 0 Å². The number of hydrogen-bond acceptors (Lipinski definition) is 3. The Hall–Kier alpha value is -1.06. The summed E-state index contributed by atoms with van der Waals surface area (Å²) in [6.07, 6.45) is 4.77. The van der Waals surface area contributed by atoms with Crippen molar-refractivity contribution in [2.24, 2.45) is 0 Å². The highest BCUT2D eigenvalue weighted by atomic mass is 16.5. The minimum atomic E-state index is 0.717. The van der Waals surface area contributed by atoms with E-state index in [1.54, 1.807) is 0 Å². The number of benzene rings is 1. The van der Waals surface area contributed by atoms with Gasteiger partial charge in [0.25, 0.3) is 0 Å². The van der Waals surface area contributed by atoms with Gasteiger partial charge in [-0.05, 0) is 63.1 Å². The molecule has 0 aromatic heterocycles. The molecule has 19 heavy (non-hydrogen) atoms. The molecule has 1 aromatic carbocycles. The third-order valence-corrected chi connectivity index (χ3v) is 4.32. The lowest BCUT2D eigenvalue weighted by molar-refractivity contribution is 0.235. The van der Waals surface area contributed by atoms with Gasteiger partial charge in [-0.25, -0.2) is 0 Å². The maximum absolute atomic E-state index is 5.54. The molecule has 2 aliphatic rings. The molecular formula is C16H24N2O. The van der Waals surface area contributed by atoms with Gasteiger partial charge in [-0.1, -0.05) is 12.1 Å². The first-order chi connectivity index (χ1) is 9.31. The van der Waals surface area contributed by atoms with Crippen molar-refractivity contribution in [2.45, 2.75) is 31.7 Å². The van der Waals surface area contributed by atoms with E-state index < -0.39 is 0 Å². The van der Waals surface area contributed by atoms with E-state index in [0.717, 1.165) is 31.7 Å². The topological polar surface area (TPSA) is 24.5 Å². The average molecular weight is 260 g/mol. The van der Waals surface area contributed by atoms with E-state index in [2.05, 4.69) is 35.5 Å². The van der Waals surface area contributed by atoms with Crippen LogP contribution in [-0.2, 0) is 12.8 Å². The Balaban J connectivity index is 1.45. The number of piperidine rings is 1. The second kappa shape index (κ2) is 5.93. The zero-order valence-corrected chi connectivity index (χ0v) is 11.8. The van der Waals surface area contributed by atoms with Crippen LogP contribution in [0.5, 0.6) is 5.75 Å². The highest BCUT2D eigenvalue weighted by Gasteiger charge is 2.16. The van der Waals surface area contributed by atoms with Crippen molar-refractivity contribution in [2.75, 3.05) is 33.3 Å². The number of nitrogens with zero attached hydrogens (tertiary/aromatic N) is 1. The third-order valence-electron chi connectivity index (χ3n) is 4.32. The standard InChI is InChI=1S/C16H24N2O/c1-18-9-5-15(6-10-18)17-8-4-13-2-3-16-14(12-13)7-11-19-16/h2-3,12,15,17H,4-11H2,1H3. The summed E-state index contributed by atoms with van der Waals surface area (Å²) in [5.74, 6) is 1.09.